The summed E-state index contributed by atoms with van der Waals surface area (Å²) in [6.45, 7) is -5.93. The van der Waals surface area contributed by atoms with Gasteiger partial charge in [0.1, 0.15) is 11.5 Å². The van der Waals surface area contributed by atoms with Gasteiger partial charge in [-0.25, -0.2) is 0 Å². The highest BCUT2D eigenvalue weighted by Crippen LogP contribution is 2.20. The summed E-state index contributed by atoms with van der Waals surface area (Å²) in [7, 11) is 0. The molecule has 23 heavy (non-hydrogen) atoms. The molecule has 1 N–H and O–H groups in total. The highest BCUT2D eigenvalue weighted by molar-refractivity contribution is 6.04. The monoisotopic (exact) mass is 329 g/mol. The fourth-order valence-electron chi connectivity index (χ4n) is 1.74. The summed E-state index contributed by atoms with van der Waals surface area (Å²) in [5, 5.41) is 2.49. The molecule has 0 fully saturated rings. The zero-order valence-corrected chi connectivity index (χ0v) is 11.5. The molecule has 4 nitrogen and oxygen atoms in total. The van der Waals surface area contributed by atoms with E-state index in [2.05, 4.69) is 14.8 Å². The Bertz CT molecular complexity index is 662. The van der Waals surface area contributed by atoms with Crippen molar-refractivity contribution in [2.75, 3.05) is 5.32 Å². The average molecular weight is 329 g/mol. The van der Waals surface area contributed by atoms with Crippen molar-refractivity contribution in [3.05, 3.63) is 54.1 Å². The van der Waals surface area contributed by atoms with Crippen molar-refractivity contribution in [1.29, 1.82) is 0 Å². The number of alkyl halides is 4. The lowest BCUT2D eigenvalue weighted by Crippen LogP contribution is -2.12. The molecule has 0 radical (unpaired) electrons. The Balaban J connectivity index is 2.04. The van der Waals surface area contributed by atoms with Crippen LogP contribution in [0.25, 0.3) is 0 Å². The van der Waals surface area contributed by atoms with E-state index in [4.69, 9.17) is 0 Å². The van der Waals surface area contributed by atoms with Gasteiger partial charge in [0.25, 0.3) is 5.91 Å². The first-order chi connectivity index (χ1) is 10.9. The number of hydrogen-bond donors (Lipinski definition) is 1. The van der Waals surface area contributed by atoms with E-state index in [9.17, 15) is 22.4 Å². The topological polar surface area (TPSA) is 47.6 Å². The number of rotatable bonds is 6. The minimum atomic E-state index is -2.99. The van der Waals surface area contributed by atoms with Gasteiger partial charge in [-0.2, -0.15) is 17.6 Å². The largest absolute Gasteiger partial charge is 0.435 e. The van der Waals surface area contributed by atoms with E-state index in [1.807, 2.05) is 0 Å². The SMILES string of the molecule is O=C(Nc1ccc(OC(F)F)cc1)c1cccc(OC(F)F)c1. The number of anilines is 1. The summed E-state index contributed by atoms with van der Waals surface area (Å²) in [6, 6.07) is 10.5. The maximum absolute atomic E-state index is 12.1. The molecule has 8 heteroatoms. The fourth-order valence-corrected chi connectivity index (χ4v) is 1.74. The molecular formula is C15H11F4NO3. The second-order valence-electron chi connectivity index (χ2n) is 4.26. The van der Waals surface area contributed by atoms with Crippen molar-refractivity contribution in [1.82, 2.24) is 0 Å². The molecule has 0 unspecified atom stereocenters. The minimum Gasteiger partial charge on any atom is -0.435 e. The Morgan fingerprint density at radius 1 is 0.870 bits per heavy atom. The number of benzene rings is 2. The van der Waals surface area contributed by atoms with Crippen LogP contribution in [0.1, 0.15) is 10.4 Å². The van der Waals surface area contributed by atoms with E-state index in [0.29, 0.717) is 5.69 Å². The van der Waals surface area contributed by atoms with Gasteiger partial charge in [-0.15, -0.1) is 0 Å². The van der Waals surface area contributed by atoms with E-state index < -0.39 is 19.1 Å². The van der Waals surface area contributed by atoms with Gasteiger partial charge in [0.15, 0.2) is 0 Å². The molecule has 122 valence electrons. The Hall–Kier alpha value is -2.77. The number of carbonyl (C=O) groups is 1. The molecule has 0 spiro atoms. The van der Waals surface area contributed by atoms with Crippen LogP contribution in [0.15, 0.2) is 48.5 Å². The van der Waals surface area contributed by atoms with Gasteiger partial charge >= 0.3 is 13.2 Å². The van der Waals surface area contributed by atoms with Gasteiger partial charge in [-0.05, 0) is 42.5 Å². The normalized spacial score (nSPS) is 10.7. The quantitative estimate of drug-likeness (QED) is 0.810. The lowest BCUT2D eigenvalue weighted by atomic mass is 10.2. The zero-order chi connectivity index (χ0) is 16.8. The number of amides is 1. The van der Waals surface area contributed by atoms with Crippen LogP contribution in [0.4, 0.5) is 23.2 Å². The number of carbonyl (C=O) groups excluding carboxylic acids is 1. The molecule has 0 saturated carbocycles. The van der Waals surface area contributed by atoms with Crippen LogP contribution in [0.3, 0.4) is 0 Å². The lowest BCUT2D eigenvalue weighted by Gasteiger charge is -2.09. The molecule has 2 aromatic carbocycles. The third kappa shape index (κ3) is 5.17. The second-order valence-corrected chi connectivity index (χ2v) is 4.26. The molecule has 0 atom stereocenters. The van der Waals surface area contributed by atoms with Crippen molar-refractivity contribution in [2.24, 2.45) is 0 Å². The molecule has 2 rings (SSSR count). The van der Waals surface area contributed by atoms with Gasteiger partial charge in [0, 0.05) is 11.3 Å². The molecule has 0 bridgehead atoms. The van der Waals surface area contributed by atoms with E-state index in [0.717, 1.165) is 6.07 Å². The van der Waals surface area contributed by atoms with E-state index in [1.54, 1.807) is 0 Å². The lowest BCUT2D eigenvalue weighted by molar-refractivity contribution is -0.0505. The highest BCUT2D eigenvalue weighted by atomic mass is 19.3. The van der Waals surface area contributed by atoms with Crippen LogP contribution in [0.2, 0.25) is 0 Å². The summed E-state index contributed by atoms with van der Waals surface area (Å²) in [6.07, 6.45) is 0. The van der Waals surface area contributed by atoms with E-state index in [-0.39, 0.29) is 17.1 Å². The number of hydrogen-bond acceptors (Lipinski definition) is 3. The summed E-state index contributed by atoms with van der Waals surface area (Å²) in [4.78, 5) is 12.0. The molecule has 1 amide bonds. The van der Waals surface area contributed by atoms with Crippen molar-refractivity contribution >= 4 is 11.6 Å². The summed E-state index contributed by atoms with van der Waals surface area (Å²) in [5.41, 5.74) is 0.438. The van der Waals surface area contributed by atoms with Crippen LogP contribution in [-0.4, -0.2) is 19.1 Å². The van der Waals surface area contributed by atoms with Crippen LogP contribution < -0.4 is 14.8 Å². The third-order valence-electron chi connectivity index (χ3n) is 2.66. The van der Waals surface area contributed by atoms with Gasteiger partial charge in [0.2, 0.25) is 0 Å². The molecule has 0 aliphatic heterocycles. The first-order valence-electron chi connectivity index (χ1n) is 6.35. The molecule has 2 aromatic rings. The standard InChI is InChI=1S/C15H11F4NO3/c16-14(17)22-11-6-4-10(5-7-11)20-13(21)9-2-1-3-12(8-9)23-15(18)19/h1-8,14-15H,(H,20,21). The predicted molar refractivity (Wildman–Crippen MR) is 74.1 cm³/mol. The number of halogens is 4. The van der Waals surface area contributed by atoms with Crippen molar-refractivity contribution in [3.63, 3.8) is 0 Å². The van der Waals surface area contributed by atoms with Crippen molar-refractivity contribution in [3.8, 4) is 11.5 Å². The van der Waals surface area contributed by atoms with E-state index in [1.165, 1.54) is 42.5 Å². The van der Waals surface area contributed by atoms with Gasteiger partial charge < -0.3 is 14.8 Å². The second kappa shape index (κ2) is 7.48. The predicted octanol–water partition coefficient (Wildman–Crippen LogP) is 4.14. The molecule has 0 aliphatic rings. The molecule has 0 aliphatic carbocycles. The summed E-state index contributed by atoms with van der Waals surface area (Å²) in [5.74, 6) is -0.758. The first-order valence-corrected chi connectivity index (χ1v) is 6.35. The van der Waals surface area contributed by atoms with Gasteiger partial charge in [-0.1, -0.05) is 6.07 Å². The molecular weight excluding hydrogens is 318 g/mol. The Morgan fingerprint density at radius 2 is 1.48 bits per heavy atom. The number of ether oxygens (including phenoxy) is 2. The Morgan fingerprint density at radius 3 is 2.09 bits per heavy atom. The smallest absolute Gasteiger partial charge is 0.387 e. The van der Waals surface area contributed by atoms with Gasteiger partial charge in [0.05, 0.1) is 0 Å². The third-order valence-corrected chi connectivity index (χ3v) is 2.66. The Kier molecular flexibility index (Phi) is 5.40. The summed E-state index contributed by atoms with van der Waals surface area (Å²) < 4.78 is 56.7. The van der Waals surface area contributed by atoms with Crippen LogP contribution in [-0.2, 0) is 0 Å². The van der Waals surface area contributed by atoms with Crippen LogP contribution >= 0.6 is 0 Å². The average Bonchev–Trinajstić information content (AvgIpc) is 2.48. The maximum Gasteiger partial charge on any atom is 0.387 e. The van der Waals surface area contributed by atoms with Crippen LogP contribution in [0.5, 0.6) is 11.5 Å². The molecule has 0 aromatic heterocycles. The van der Waals surface area contributed by atoms with Crippen LogP contribution in [0, 0.1) is 0 Å². The van der Waals surface area contributed by atoms with Crippen molar-refractivity contribution < 1.29 is 31.8 Å². The molecule has 0 saturated heterocycles. The summed E-state index contributed by atoms with van der Waals surface area (Å²) >= 11 is 0. The Labute approximate surface area is 128 Å². The number of nitrogens with one attached hydrogen (secondary N) is 1. The molecule has 0 heterocycles. The maximum atomic E-state index is 12.1. The minimum absolute atomic E-state index is 0.0506. The zero-order valence-electron chi connectivity index (χ0n) is 11.5. The van der Waals surface area contributed by atoms with Gasteiger partial charge in [-0.3, -0.25) is 4.79 Å². The van der Waals surface area contributed by atoms with E-state index >= 15 is 0 Å². The highest BCUT2D eigenvalue weighted by Gasteiger charge is 2.10. The first kappa shape index (κ1) is 16.6. The fraction of sp³-hybridized carbons (Fsp3) is 0.133. The van der Waals surface area contributed by atoms with Crippen molar-refractivity contribution in [2.45, 2.75) is 13.2 Å².